The molecule has 0 bridgehead atoms. The third kappa shape index (κ3) is 1.90. The molecule has 1 aromatic carbocycles. The first-order valence-electron chi connectivity index (χ1n) is 4.82. The summed E-state index contributed by atoms with van der Waals surface area (Å²) in [7, 11) is 1.36. The van der Waals surface area contributed by atoms with E-state index in [-0.39, 0.29) is 12.2 Å². The van der Waals surface area contributed by atoms with Gasteiger partial charge in [0, 0.05) is 6.42 Å². The first-order valence-corrected chi connectivity index (χ1v) is 4.82. The Hall–Kier alpha value is -1.29. The summed E-state index contributed by atoms with van der Waals surface area (Å²) in [6.07, 6.45) is 1.63. The van der Waals surface area contributed by atoms with Gasteiger partial charge in [-0.1, -0.05) is 6.07 Å². The molecule has 0 aliphatic heterocycles. The van der Waals surface area contributed by atoms with Gasteiger partial charge in [0.2, 0.25) is 0 Å². The largest absolute Gasteiger partial charge is 0.502 e. The van der Waals surface area contributed by atoms with Crippen molar-refractivity contribution in [1.29, 1.82) is 0 Å². The van der Waals surface area contributed by atoms with E-state index < -0.39 is 17.2 Å². The standard InChI is InChI=1S/C11H13FO3/c1-15-8-3-2-7(9(12)10(8)13)6-11(14)4-5-11/h2-3,13-14H,4-6H2,1H3. The van der Waals surface area contributed by atoms with Crippen LogP contribution in [0.4, 0.5) is 4.39 Å². The average Bonchev–Trinajstić information content (AvgIpc) is 2.92. The zero-order chi connectivity index (χ0) is 11.1. The number of hydrogen-bond donors (Lipinski definition) is 2. The molecule has 0 amide bonds. The van der Waals surface area contributed by atoms with Gasteiger partial charge in [0.05, 0.1) is 12.7 Å². The Morgan fingerprint density at radius 1 is 1.47 bits per heavy atom. The van der Waals surface area contributed by atoms with Gasteiger partial charge in [-0.05, 0) is 24.5 Å². The molecule has 3 nitrogen and oxygen atoms in total. The van der Waals surface area contributed by atoms with Gasteiger partial charge >= 0.3 is 0 Å². The van der Waals surface area contributed by atoms with Crippen LogP contribution < -0.4 is 4.74 Å². The Morgan fingerprint density at radius 3 is 2.67 bits per heavy atom. The second-order valence-corrected chi connectivity index (χ2v) is 3.99. The van der Waals surface area contributed by atoms with Crippen molar-refractivity contribution in [2.75, 3.05) is 7.11 Å². The highest BCUT2D eigenvalue weighted by molar-refractivity contribution is 5.44. The predicted octanol–water partition coefficient (Wildman–Crippen LogP) is 1.61. The maximum atomic E-state index is 13.6. The second-order valence-electron chi connectivity index (χ2n) is 3.99. The highest BCUT2D eigenvalue weighted by Crippen LogP contribution is 2.40. The molecule has 0 radical (unpaired) electrons. The molecule has 1 saturated carbocycles. The average molecular weight is 212 g/mol. The van der Waals surface area contributed by atoms with Crippen LogP contribution in [0.15, 0.2) is 12.1 Å². The maximum absolute atomic E-state index is 13.6. The lowest BCUT2D eigenvalue weighted by atomic mass is 10.1. The monoisotopic (exact) mass is 212 g/mol. The fraction of sp³-hybridized carbons (Fsp3) is 0.455. The molecule has 0 aromatic heterocycles. The molecule has 0 saturated heterocycles. The van der Waals surface area contributed by atoms with E-state index in [9.17, 15) is 14.6 Å². The molecule has 1 aliphatic rings. The van der Waals surface area contributed by atoms with Crippen molar-refractivity contribution < 1.29 is 19.3 Å². The minimum Gasteiger partial charge on any atom is -0.502 e. The van der Waals surface area contributed by atoms with Crippen molar-refractivity contribution in [1.82, 2.24) is 0 Å². The topological polar surface area (TPSA) is 49.7 Å². The summed E-state index contributed by atoms with van der Waals surface area (Å²) in [4.78, 5) is 0. The third-order valence-corrected chi connectivity index (χ3v) is 2.73. The van der Waals surface area contributed by atoms with Crippen LogP contribution in [-0.4, -0.2) is 22.9 Å². The Morgan fingerprint density at radius 2 is 2.13 bits per heavy atom. The van der Waals surface area contributed by atoms with Gasteiger partial charge in [-0.15, -0.1) is 0 Å². The van der Waals surface area contributed by atoms with Crippen molar-refractivity contribution >= 4 is 0 Å². The van der Waals surface area contributed by atoms with Crippen LogP contribution >= 0.6 is 0 Å². The summed E-state index contributed by atoms with van der Waals surface area (Å²) < 4.78 is 18.3. The normalized spacial score (nSPS) is 17.5. The van der Waals surface area contributed by atoms with Crippen LogP contribution in [0.25, 0.3) is 0 Å². The summed E-state index contributed by atoms with van der Waals surface area (Å²) in [5.74, 6) is -1.08. The lowest BCUT2D eigenvalue weighted by molar-refractivity contribution is 0.149. The summed E-state index contributed by atoms with van der Waals surface area (Å²) in [5.41, 5.74) is -0.435. The summed E-state index contributed by atoms with van der Waals surface area (Å²) in [6.45, 7) is 0. The van der Waals surface area contributed by atoms with Crippen molar-refractivity contribution in [3.05, 3.63) is 23.5 Å². The molecular formula is C11H13FO3. The van der Waals surface area contributed by atoms with Gasteiger partial charge < -0.3 is 14.9 Å². The lowest BCUT2D eigenvalue weighted by Gasteiger charge is -2.11. The molecular weight excluding hydrogens is 199 g/mol. The number of methoxy groups -OCH3 is 1. The molecule has 2 N–H and O–H groups in total. The molecule has 1 aromatic rings. The summed E-state index contributed by atoms with van der Waals surface area (Å²) in [5, 5.41) is 19.1. The van der Waals surface area contributed by atoms with Crippen LogP contribution in [0.3, 0.4) is 0 Å². The maximum Gasteiger partial charge on any atom is 0.194 e. The number of phenols is 1. The molecule has 0 heterocycles. The zero-order valence-corrected chi connectivity index (χ0v) is 8.46. The summed E-state index contributed by atoms with van der Waals surface area (Å²) in [6, 6.07) is 3.03. The predicted molar refractivity (Wildman–Crippen MR) is 52.5 cm³/mol. The van der Waals surface area contributed by atoms with Crippen molar-refractivity contribution in [3.8, 4) is 11.5 Å². The van der Waals surface area contributed by atoms with Gasteiger partial charge in [0.1, 0.15) is 0 Å². The van der Waals surface area contributed by atoms with E-state index in [1.165, 1.54) is 19.2 Å². The second kappa shape index (κ2) is 3.38. The van der Waals surface area contributed by atoms with Gasteiger partial charge in [-0.25, -0.2) is 4.39 Å². The first kappa shape index (κ1) is 10.2. The quantitative estimate of drug-likeness (QED) is 0.800. The van der Waals surface area contributed by atoms with E-state index in [1.807, 2.05) is 0 Å². The highest BCUT2D eigenvalue weighted by atomic mass is 19.1. The van der Waals surface area contributed by atoms with Crippen molar-refractivity contribution in [3.63, 3.8) is 0 Å². The van der Waals surface area contributed by atoms with E-state index in [0.717, 1.165) is 0 Å². The number of benzene rings is 1. The number of hydrogen-bond acceptors (Lipinski definition) is 3. The molecule has 0 spiro atoms. The van der Waals surface area contributed by atoms with E-state index in [0.29, 0.717) is 18.4 Å². The Bertz CT molecular complexity index is 386. The third-order valence-electron chi connectivity index (χ3n) is 2.73. The van der Waals surface area contributed by atoms with E-state index in [4.69, 9.17) is 4.74 Å². The number of phenolic OH excluding ortho intramolecular Hbond substituents is 1. The minimum atomic E-state index is -0.762. The fourth-order valence-electron chi connectivity index (χ4n) is 1.57. The highest BCUT2D eigenvalue weighted by Gasteiger charge is 2.41. The van der Waals surface area contributed by atoms with E-state index in [1.54, 1.807) is 0 Å². The van der Waals surface area contributed by atoms with Gasteiger partial charge in [-0.2, -0.15) is 0 Å². The van der Waals surface area contributed by atoms with Gasteiger partial charge in [0.15, 0.2) is 17.3 Å². The molecule has 1 fully saturated rings. The van der Waals surface area contributed by atoms with Crippen LogP contribution in [0, 0.1) is 5.82 Å². The number of rotatable bonds is 3. The van der Waals surface area contributed by atoms with Crippen LogP contribution in [-0.2, 0) is 6.42 Å². The SMILES string of the molecule is COc1ccc(CC2(O)CC2)c(F)c1O. The van der Waals surface area contributed by atoms with Crippen molar-refractivity contribution in [2.45, 2.75) is 24.9 Å². The number of aromatic hydroxyl groups is 1. The van der Waals surface area contributed by atoms with Crippen LogP contribution in [0.1, 0.15) is 18.4 Å². The molecule has 2 rings (SSSR count). The first-order chi connectivity index (χ1) is 7.06. The van der Waals surface area contributed by atoms with Crippen LogP contribution in [0.5, 0.6) is 11.5 Å². The molecule has 0 unspecified atom stereocenters. The number of aliphatic hydroxyl groups is 1. The zero-order valence-electron chi connectivity index (χ0n) is 8.46. The van der Waals surface area contributed by atoms with Gasteiger partial charge in [-0.3, -0.25) is 0 Å². The Balaban J connectivity index is 2.29. The lowest BCUT2D eigenvalue weighted by Crippen LogP contribution is -2.12. The fourth-order valence-corrected chi connectivity index (χ4v) is 1.57. The molecule has 82 valence electrons. The van der Waals surface area contributed by atoms with Crippen molar-refractivity contribution in [2.24, 2.45) is 0 Å². The summed E-state index contributed by atoms with van der Waals surface area (Å²) >= 11 is 0. The minimum absolute atomic E-state index is 0.110. The van der Waals surface area contributed by atoms with Crippen LogP contribution in [0.2, 0.25) is 0 Å². The Labute approximate surface area is 87.1 Å². The van der Waals surface area contributed by atoms with Gasteiger partial charge in [0.25, 0.3) is 0 Å². The number of halogens is 1. The number of ether oxygens (including phenoxy) is 1. The molecule has 0 atom stereocenters. The van der Waals surface area contributed by atoms with E-state index >= 15 is 0 Å². The molecule has 4 heteroatoms. The molecule has 1 aliphatic carbocycles. The Kier molecular flexibility index (Phi) is 2.31. The van der Waals surface area contributed by atoms with E-state index in [2.05, 4.69) is 0 Å². The smallest absolute Gasteiger partial charge is 0.194 e. The molecule has 15 heavy (non-hydrogen) atoms.